The molecule has 6 heteroatoms. The number of phenols is 2. The number of benzene rings is 1. The van der Waals surface area contributed by atoms with E-state index in [2.05, 4.69) is 11.1 Å². The molecule has 0 bridgehead atoms. The Bertz CT molecular complexity index is 873. The molecule has 0 saturated heterocycles. The summed E-state index contributed by atoms with van der Waals surface area (Å²) in [7, 11) is 0. The van der Waals surface area contributed by atoms with Crippen molar-refractivity contribution < 1.29 is 14.6 Å². The van der Waals surface area contributed by atoms with Gasteiger partial charge in [-0.2, -0.15) is 5.26 Å². The summed E-state index contributed by atoms with van der Waals surface area (Å²) in [5, 5.41) is 30.7. The van der Waals surface area contributed by atoms with E-state index in [4.69, 9.17) is 4.42 Å². The second kappa shape index (κ2) is 5.76. The molecule has 0 unspecified atom stereocenters. The van der Waals surface area contributed by atoms with Gasteiger partial charge in [-0.3, -0.25) is 0 Å². The van der Waals surface area contributed by atoms with Crippen LogP contribution in [0.15, 0.2) is 46.4 Å². The number of nitriles is 1. The number of hydrogen-bond donors (Lipinski definition) is 2. The Morgan fingerprint density at radius 1 is 1.32 bits per heavy atom. The van der Waals surface area contributed by atoms with Gasteiger partial charge in [-0.1, -0.05) is 0 Å². The minimum atomic E-state index is -0.0645. The fourth-order valence-corrected chi connectivity index (χ4v) is 2.70. The number of hydrogen-bond acceptors (Lipinski definition) is 6. The second-order valence-corrected chi connectivity index (χ2v) is 5.28. The first kappa shape index (κ1) is 13.9. The number of furan rings is 1. The van der Waals surface area contributed by atoms with Crippen molar-refractivity contribution in [2.24, 2.45) is 0 Å². The normalized spacial score (nSPS) is 11.3. The van der Waals surface area contributed by atoms with E-state index in [1.807, 2.05) is 0 Å². The quantitative estimate of drug-likeness (QED) is 0.716. The molecule has 108 valence electrons. The van der Waals surface area contributed by atoms with E-state index in [-0.39, 0.29) is 11.5 Å². The molecule has 0 radical (unpaired) electrons. The van der Waals surface area contributed by atoms with Crippen LogP contribution >= 0.6 is 11.3 Å². The number of allylic oxidation sites excluding steroid dienone is 1. The summed E-state index contributed by atoms with van der Waals surface area (Å²) in [5.74, 6) is 0.485. The zero-order chi connectivity index (χ0) is 15.5. The highest BCUT2D eigenvalue weighted by Gasteiger charge is 2.12. The van der Waals surface area contributed by atoms with Crippen molar-refractivity contribution in [2.75, 3.05) is 0 Å². The molecule has 0 aliphatic rings. The minimum absolute atomic E-state index is 0.0212. The molecule has 1 aromatic carbocycles. The maximum absolute atomic E-state index is 9.87. The van der Waals surface area contributed by atoms with Crippen molar-refractivity contribution in [3.63, 3.8) is 0 Å². The van der Waals surface area contributed by atoms with E-state index in [9.17, 15) is 15.5 Å². The molecular weight excluding hydrogens is 300 g/mol. The zero-order valence-corrected chi connectivity index (χ0v) is 12.0. The van der Waals surface area contributed by atoms with Crippen molar-refractivity contribution in [2.45, 2.75) is 0 Å². The number of aromatic nitrogens is 1. The summed E-state index contributed by atoms with van der Waals surface area (Å²) >= 11 is 1.29. The van der Waals surface area contributed by atoms with Crippen molar-refractivity contribution in [3.05, 3.63) is 52.7 Å². The first-order valence-electron chi connectivity index (χ1n) is 6.31. The van der Waals surface area contributed by atoms with Gasteiger partial charge in [-0.15, -0.1) is 11.3 Å². The standard InChI is InChI=1S/C16H10N2O3S/c17-8-10(6-12-2-1-5-21-12)16-18-14(9-22-16)13-4-3-11(19)7-15(13)20/h1-7,9,19-20H. The molecule has 0 spiro atoms. The molecule has 0 saturated carbocycles. The average molecular weight is 310 g/mol. The number of rotatable bonds is 3. The Morgan fingerprint density at radius 3 is 2.86 bits per heavy atom. The van der Waals surface area contributed by atoms with Crippen LogP contribution in [0, 0.1) is 11.3 Å². The van der Waals surface area contributed by atoms with E-state index in [1.54, 1.807) is 29.7 Å². The fourth-order valence-electron chi connectivity index (χ4n) is 1.92. The SMILES string of the molecule is N#CC(=Cc1ccco1)c1nc(-c2ccc(O)cc2O)cs1. The van der Waals surface area contributed by atoms with Crippen LogP contribution in [0.1, 0.15) is 10.8 Å². The maximum Gasteiger partial charge on any atom is 0.134 e. The number of phenolic OH excluding ortho intramolecular Hbond substituents is 2. The molecule has 3 rings (SSSR count). The van der Waals surface area contributed by atoms with E-state index >= 15 is 0 Å². The van der Waals surface area contributed by atoms with Crippen LogP contribution in [-0.2, 0) is 0 Å². The third-order valence-corrected chi connectivity index (χ3v) is 3.82. The topological polar surface area (TPSA) is 90.3 Å². The van der Waals surface area contributed by atoms with Crippen LogP contribution in [0.25, 0.3) is 22.9 Å². The highest BCUT2D eigenvalue weighted by atomic mass is 32.1. The lowest BCUT2D eigenvalue weighted by atomic mass is 10.1. The predicted octanol–water partition coefficient (Wildman–Crippen LogP) is 3.88. The van der Waals surface area contributed by atoms with Crippen LogP contribution in [0.5, 0.6) is 11.5 Å². The number of nitrogens with zero attached hydrogens (tertiary/aromatic N) is 2. The summed E-state index contributed by atoms with van der Waals surface area (Å²) in [5.41, 5.74) is 1.41. The minimum Gasteiger partial charge on any atom is -0.508 e. The molecule has 0 fully saturated rings. The molecule has 0 aliphatic carbocycles. The van der Waals surface area contributed by atoms with E-state index < -0.39 is 0 Å². The molecule has 0 amide bonds. The molecule has 3 aromatic rings. The van der Waals surface area contributed by atoms with Crippen LogP contribution in [0.4, 0.5) is 0 Å². The smallest absolute Gasteiger partial charge is 0.134 e. The van der Waals surface area contributed by atoms with E-state index in [0.717, 1.165) is 0 Å². The monoisotopic (exact) mass is 310 g/mol. The summed E-state index contributed by atoms with van der Waals surface area (Å²) in [6, 6.07) is 9.87. The molecule has 2 N–H and O–H groups in total. The van der Waals surface area contributed by atoms with E-state index in [1.165, 1.54) is 29.7 Å². The summed E-state index contributed by atoms with van der Waals surface area (Å²) < 4.78 is 5.19. The largest absolute Gasteiger partial charge is 0.508 e. The number of thiazole rings is 1. The summed E-state index contributed by atoms with van der Waals surface area (Å²) in [4.78, 5) is 4.37. The van der Waals surface area contributed by atoms with Gasteiger partial charge >= 0.3 is 0 Å². The first-order valence-corrected chi connectivity index (χ1v) is 7.19. The Labute approximate surface area is 130 Å². The van der Waals surface area contributed by atoms with Gasteiger partial charge in [0, 0.05) is 23.1 Å². The third kappa shape index (κ3) is 2.71. The van der Waals surface area contributed by atoms with Gasteiger partial charge in [0.25, 0.3) is 0 Å². The highest BCUT2D eigenvalue weighted by Crippen LogP contribution is 2.34. The highest BCUT2D eigenvalue weighted by molar-refractivity contribution is 7.11. The predicted molar refractivity (Wildman–Crippen MR) is 83.1 cm³/mol. The van der Waals surface area contributed by atoms with Crippen molar-refractivity contribution >= 4 is 23.0 Å². The Balaban J connectivity index is 1.98. The molecule has 2 aromatic heterocycles. The molecule has 22 heavy (non-hydrogen) atoms. The molecule has 0 aliphatic heterocycles. The van der Waals surface area contributed by atoms with Crippen molar-refractivity contribution in [1.82, 2.24) is 4.98 Å². The average Bonchev–Trinajstić information content (AvgIpc) is 3.16. The van der Waals surface area contributed by atoms with Gasteiger partial charge in [-0.25, -0.2) is 4.98 Å². The fraction of sp³-hybridized carbons (Fsp3) is 0. The van der Waals surface area contributed by atoms with E-state index in [0.29, 0.717) is 27.6 Å². The van der Waals surface area contributed by atoms with Gasteiger partial charge in [0.15, 0.2) is 0 Å². The molecule has 2 heterocycles. The van der Waals surface area contributed by atoms with Gasteiger partial charge in [-0.05, 0) is 24.3 Å². The zero-order valence-electron chi connectivity index (χ0n) is 11.2. The van der Waals surface area contributed by atoms with Crippen LogP contribution in [0.2, 0.25) is 0 Å². The lowest BCUT2D eigenvalue weighted by molar-refractivity contribution is 0.452. The third-order valence-electron chi connectivity index (χ3n) is 2.94. The Kier molecular flexibility index (Phi) is 3.64. The Hall–Kier alpha value is -3.04. The molecule has 5 nitrogen and oxygen atoms in total. The molecular formula is C16H10N2O3S. The maximum atomic E-state index is 9.87. The van der Waals surface area contributed by atoms with Crippen molar-refractivity contribution in [3.8, 4) is 28.8 Å². The van der Waals surface area contributed by atoms with Crippen LogP contribution in [0.3, 0.4) is 0 Å². The molecule has 0 atom stereocenters. The Morgan fingerprint density at radius 2 is 2.18 bits per heavy atom. The van der Waals surface area contributed by atoms with Gasteiger partial charge in [0.1, 0.15) is 28.3 Å². The summed E-state index contributed by atoms with van der Waals surface area (Å²) in [6.07, 6.45) is 3.14. The lowest BCUT2D eigenvalue weighted by Gasteiger charge is -2.01. The van der Waals surface area contributed by atoms with Gasteiger partial charge in [0.2, 0.25) is 0 Å². The second-order valence-electron chi connectivity index (χ2n) is 4.42. The lowest BCUT2D eigenvalue weighted by Crippen LogP contribution is -1.83. The van der Waals surface area contributed by atoms with Crippen LogP contribution < -0.4 is 0 Å². The van der Waals surface area contributed by atoms with Gasteiger partial charge < -0.3 is 14.6 Å². The van der Waals surface area contributed by atoms with Gasteiger partial charge in [0.05, 0.1) is 17.5 Å². The van der Waals surface area contributed by atoms with Crippen molar-refractivity contribution in [1.29, 1.82) is 5.26 Å². The number of aromatic hydroxyl groups is 2. The first-order chi connectivity index (χ1) is 10.7. The summed E-state index contributed by atoms with van der Waals surface area (Å²) in [6.45, 7) is 0. The van der Waals surface area contributed by atoms with Crippen LogP contribution in [-0.4, -0.2) is 15.2 Å².